The van der Waals surface area contributed by atoms with Gasteiger partial charge in [0.25, 0.3) is 5.91 Å². The summed E-state index contributed by atoms with van der Waals surface area (Å²) in [6.07, 6.45) is 2.27. The molecule has 15 heavy (non-hydrogen) atoms. The second-order valence-electron chi connectivity index (χ2n) is 3.33. The highest BCUT2D eigenvalue weighted by molar-refractivity contribution is 5.92. The number of nitrogens with one attached hydrogen (secondary N) is 1. The molecule has 0 saturated carbocycles. The van der Waals surface area contributed by atoms with Crippen molar-refractivity contribution in [1.29, 1.82) is 5.26 Å². The number of rotatable bonds is 3. The highest BCUT2D eigenvalue weighted by atomic mass is 16.1. The molecule has 1 atom stereocenters. The van der Waals surface area contributed by atoms with Crippen LogP contribution in [-0.2, 0) is 0 Å². The van der Waals surface area contributed by atoms with Crippen LogP contribution in [0.4, 0.5) is 0 Å². The van der Waals surface area contributed by atoms with Gasteiger partial charge >= 0.3 is 0 Å². The fraction of sp³-hybridized carbons (Fsp3) is 0.364. The third kappa shape index (κ3) is 3.06. The zero-order chi connectivity index (χ0) is 11.3. The van der Waals surface area contributed by atoms with Crippen molar-refractivity contribution in [3.8, 4) is 6.07 Å². The fourth-order valence-electron chi connectivity index (χ4n) is 0.994. The van der Waals surface area contributed by atoms with Crippen LogP contribution in [0, 0.1) is 11.3 Å². The van der Waals surface area contributed by atoms with Crippen LogP contribution in [0.15, 0.2) is 18.3 Å². The Kier molecular flexibility index (Phi) is 3.81. The number of hydrogen-bond acceptors (Lipinski definition) is 3. The molecule has 0 aliphatic carbocycles. The van der Waals surface area contributed by atoms with Gasteiger partial charge in [0, 0.05) is 12.2 Å². The van der Waals surface area contributed by atoms with Crippen LogP contribution in [0.25, 0.3) is 0 Å². The van der Waals surface area contributed by atoms with Crippen LogP contribution in [0.1, 0.15) is 36.3 Å². The molecule has 78 valence electrons. The van der Waals surface area contributed by atoms with Gasteiger partial charge in [0.1, 0.15) is 11.8 Å². The number of amides is 1. The number of pyridine rings is 1. The molecular weight excluding hydrogens is 190 g/mol. The fourth-order valence-corrected chi connectivity index (χ4v) is 0.994. The Labute approximate surface area is 88.9 Å². The van der Waals surface area contributed by atoms with Gasteiger partial charge in [-0.15, -0.1) is 0 Å². The molecule has 0 radical (unpaired) electrons. The summed E-state index contributed by atoms with van der Waals surface area (Å²) >= 11 is 0. The van der Waals surface area contributed by atoms with Crippen molar-refractivity contribution >= 4 is 5.91 Å². The molecule has 0 fully saturated rings. The molecule has 0 bridgehead atoms. The van der Waals surface area contributed by atoms with Crippen molar-refractivity contribution in [3.63, 3.8) is 0 Å². The van der Waals surface area contributed by atoms with Gasteiger partial charge in [-0.25, -0.2) is 4.98 Å². The Morgan fingerprint density at radius 1 is 1.67 bits per heavy atom. The Balaban J connectivity index is 2.71. The van der Waals surface area contributed by atoms with Crippen molar-refractivity contribution in [2.75, 3.05) is 0 Å². The lowest BCUT2D eigenvalue weighted by Gasteiger charge is -2.10. The minimum atomic E-state index is -0.200. The predicted molar refractivity (Wildman–Crippen MR) is 56.2 cm³/mol. The van der Waals surface area contributed by atoms with Gasteiger partial charge in [0.15, 0.2) is 0 Å². The van der Waals surface area contributed by atoms with Crippen molar-refractivity contribution in [2.24, 2.45) is 0 Å². The third-order valence-electron chi connectivity index (χ3n) is 2.12. The molecule has 1 amide bonds. The zero-order valence-corrected chi connectivity index (χ0v) is 8.82. The van der Waals surface area contributed by atoms with E-state index in [-0.39, 0.29) is 11.9 Å². The maximum atomic E-state index is 11.6. The van der Waals surface area contributed by atoms with Crippen LogP contribution in [0.5, 0.6) is 0 Å². The maximum absolute atomic E-state index is 11.6. The average molecular weight is 203 g/mol. The molecule has 0 spiro atoms. The van der Waals surface area contributed by atoms with Crippen molar-refractivity contribution in [1.82, 2.24) is 10.3 Å². The molecule has 1 N–H and O–H groups in total. The normalized spacial score (nSPS) is 11.5. The number of nitrogens with zero attached hydrogens (tertiary/aromatic N) is 2. The Morgan fingerprint density at radius 3 is 2.87 bits per heavy atom. The highest BCUT2D eigenvalue weighted by Gasteiger charge is 2.09. The molecule has 0 aliphatic heterocycles. The number of aromatic nitrogens is 1. The molecule has 1 aromatic rings. The van der Waals surface area contributed by atoms with Gasteiger partial charge in [-0.2, -0.15) is 5.26 Å². The van der Waals surface area contributed by atoms with Crippen LogP contribution in [0.2, 0.25) is 0 Å². The van der Waals surface area contributed by atoms with Crippen LogP contribution < -0.4 is 5.32 Å². The second-order valence-corrected chi connectivity index (χ2v) is 3.33. The molecule has 0 aromatic carbocycles. The summed E-state index contributed by atoms with van der Waals surface area (Å²) in [6.45, 7) is 3.93. The van der Waals surface area contributed by atoms with E-state index in [1.165, 1.54) is 6.20 Å². The molecule has 4 nitrogen and oxygen atoms in total. The van der Waals surface area contributed by atoms with Crippen molar-refractivity contribution < 1.29 is 4.79 Å². The summed E-state index contributed by atoms with van der Waals surface area (Å²) in [6, 6.07) is 5.22. The number of nitriles is 1. The van der Waals surface area contributed by atoms with E-state index in [2.05, 4.69) is 10.3 Å². The monoisotopic (exact) mass is 203 g/mol. The molecule has 0 aliphatic rings. The van der Waals surface area contributed by atoms with Crippen LogP contribution in [-0.4, -0.2) is 16.9 Å². The van der Waals surface area contributed by atoms with Gasteiger partial charge in [0.05, 0.1) is 5.56 Å². The van der Waals surface area contributed by atoms with Gasteiger partial charge in [-0.3, -0.25) is 4.79 Å². The summed E-state index contributed by atoms with van der Waals surface area (Å²) < 4.78 is 0. The summed E-state index contributed by atoms with van der Waals surface area (Å²) in [5, 5.41) is 11.4. The SMILES string of the molecule is CCC(C)NC(=O)c1ccc(C#N)cn1. The topological polar surface area (TPSA) is 65.8 Å². The van der Waals surface area contributed by atoms with Gasteiger partial charge in [-0.05, 0) is 25.5 Å². The summed E-state index contributed by atoms with van der Waals surface area (Å²) in [4.78, 5) is 15.5. The van der Waals surface area contributed by atoms with Crippen molar-refractivity contribution in [2.45, 2.75) is 26.3 Å². The Bertz CT molecular complexity index is 378. The summed E-state index contributed by atoms with van der Waals surface area (Å²) in [5.41, 5.74) is 0.796. The zero-order valence-electron chi connectivity index (χ0n) is 8.82. The standard InChI is InChI=1S/C11H13N3O/c1-3-8(2)14-11(15)10-5-4-9(6-12)7-13-10/h4-5,7-8H,3H2,1-2H3,(H,14,15). The van der Waals surface area contributed by atoms with E-state index in [4.69, 9.17) is 5.26 Å². The Morgan fingerprint density at radius 2 is 2.40 bits per heavy atom. The van der Waals surface area contributed by atoms with E-state index >= 15 is 0 Å². The lowest BCUT2D eigenvalue weighted by atomic mass is 10.2. The first-order valence-corrected chi connectivity index (χ1v) is 4.84. The van der Waals surface area contributed by atoms with E-state index in [9.17, 15) is 4.79 Å². The minimum Gasteiger partial charge on any atom is -0.348 e. The quantitative estimate of drug-likeness (QED) is 0.809. The van der Waals surface area contributed by atoms with Crippen LogP contribution in [0.3, 0.4) is 0 Å². The number of carbonyl (C=O) groups excluding carboxylic acids is 1. The summed E-state index contributed by atoms with van der Waals surface area (Å²) in [5.74, 6) is -0.200. The van der Waals surface area contributed by atoms with Crippen LogP contribution >= 0.6 is 0 Å². The minimum absolute atomic E-state index is 0.134. The van der Waals surface area contributed by atoms with Crippen molar-refractivity contribution in [3.05, 3.63) is 29.6 Å². The second kappa shape index (κ2) is 5.11. The maximum Gasteiger partial charge on any atom is 0.270 e. The number of hydrogen-bond donors (Lipinski definition) is 1. The Hall–Kier alpha value is -1.89. The summed E-state index contributed by atoms with van der Waals surface area (Å²) in [7, 11) is 0. The smallest absolute Gasteiger partial charge is 0.270 e. The highest BCUT2D eigenvalue weighted by Crippen LogP contribution is 1.99. The predicted octanol–water partition coefficient (Wildman–Crippen LogP) is 1.48. The van der Waals surface area contributed by atoms with E-state index in [0.29, 0.717) is 11.3 Å². The molecule has 0 saturated heterocycles. The van der Waals surface area contributed by atoms with Gasteiger partial charge in [0.2, 0.25) is 0 Å². The molecule has 1 aromatic heterocycles. The van der Waals surface area contributed by atoms with E-state index in [0.717, 1.165) is 6.42 Å². The molecule has 1 unspecified atom stereocenters. The first-order chi connectivity index (χ1) is 7.17. The molecular formula is C11H13N3O. The van der Waals surface area contributed by atoms with E-state index < -0.39 is 0 Å². The van der Waals surface area contributed by atoms with Gasteiger partial charge < -0.3 is 5.32 Å². The first kappa shape index (κ1) is 11.2. The van der Waals surface area contributed by atoms with E-state index in [1.54, 1.807) is 12.1 Å². The third-order valence-corrected chi connectivity index (χ3v) is 2.12. The van der Waals surface area contributed by atoms with E-state index in [1.807, 2.05) is 19.9 Å². The van der Waals surface area contributed by atoms with Gasteiger partial charge in [-0.1, -0.05) is 6.92 Å². The largest absolute Gasteiger partial charge is 0.348 e. The molecule has 1 heterocycles. The lowest BCUT2D eigenvalue weighted by molar-refractivity contribution is 0.0934. The number of carbonyl (C=O) groups is 1. The first-order valence-electron chi connectivity index (χ1n) is 4.84. The molecule has 4 heteroatoms. The lowest BCUT2D eigenvalue weighted by Crippen LogP contribution is -2.32. The molecule has 1 rings (SSSR count). The average Bonchev–Trinajstić information content (AvgIpc) is 2.29.